The molecule has 1 fully saturated rings. The maximum absolute atomic E-state index is 13.1. The van der Waals surface area contributed by atoms with Gasteiger partial charge in [-0.25, -0.2) is 4.98 Å². The number of carbonyl (C=O) groups excluding carboxylic acids is 1. The number of hydrogen-bond donors (Lipinski definition) is 0. The van der Waals surface area contributed by atoms with Crippen molar-refractivity contribution in [2.45, 2.75) is 26.1 Å². The molecule has 0 bridgehead atoms. The summed E-state index contributed by atoms with van der Waals surface area (Å²) in [7, 11) is 0. The van der Waals surface area contributed by atoms with E-state index < -0.39 is 29.5 Å². The van der Waals surface area contributed by atoms with E-state index in [-0.39, 0.29) is 32.1 Å². The average molecular weight is 384 g/mol. The van der Waals surface area contributed by atoms with Crippen molar-refractivity contribution in [3.8, 4) is 5.88 Å². The second-order valence-corrected chi connectivity index (χ2v) is 6.28. The first kappa shape index (κ1) is 19.2. The number of aromatic nitrogens is 1. The number of amides is 1. The Morgan fingerprint density at radius 3 is 2.81 bits per heavy atom. The van der Waals surface area contributed by atoms with E-state index in [0.717, 1.165) is 11.8 Å². The molecule has 2 aromatic rings. The summed E-state index contributed by atoms with van der Waals surface area (Å²) in [6.45, 7) is 3.82. The lowest BCUT2D eigenvalue weighted by molar-refractivity contribution is -0.153. The van der Waals surface area contributed by atoms with Crippen LogP contribution in [0, 0.1) is 13.8 Å². The fourth-order valence-corrected chi connectivity index (χ4v) is 2.84. The van der Waals surface area contributed by atoms with E-state index in [2.05, 4.69) is 4.98 Å². The number of aryl methyl sites for hydroxylation is 2. The molecule has 146 valence electrons. The molecule has 0 N–H and O–H groups in total. The van der Waals surface area contributed by atoms with Gasteiger partial charge in [-0.1, -0.05) is 6.07 Å². The molecule has 2 aromatic heterocycles. The van der Waals surface area contributed by atoms with Crippen LogP contribution < -0.4 is 4.74 Å². The van der Waals surface area contributed by atoms with Gasteiger partial charge in [0.2, 0.25) is 11.6 Å². The minimum Gasteiger partial charge on any atom is -0.470 e. The Morgan fingerprint density at radius 1 is 1.33 bits per heavy atom. The van der Waals surface area contributed by atoms with Gasteiger partial charge in [-0.2, -0.15) is 13.2 Å². The number of nitrogens with zero attached hydrogens (tertiary/aromatic N) is 2. The third kappa shape index (κ3) is 4.60. The number of halogens is 3. The summed E-state index contributed by atoms with van der Waals surface area (Å²) in [4.78, 5) is 18.2. The van der Waals surface area contributed by atoms with Gasteiger partial charge in [0.25, 0.3) is 5.91 Å². The number of alkyl halides is 3. The van der Waals surface area contributed by atoms with Crippen molar-refractivity contribution in [1.29, 1.82) is 0 Å². The summed E-state index contributed by atoms with van der Waals surface area (Å²) in [5.74, 6) is -1.66. The minimum atomic E-state index is -4.75. The van der Waals surface area contributed by atoms with Crippen LogP contribution in [0.2, 0.25) is 0 Å². The van der Waals surface area contributed by atoms with Gasteiger partial charge in [-0.15, -0.1) is 0 Å². The van der Waals surface area contributed by atoms with E-state index in [1.54, 1.807) is 12.1 Å². The van der Waals surface area contributed by atoms with Crippen LogP contribution in [0.5, 0.6) is 5.88 Å². The van der Waals surface area contributed by atoms with Gasteiger partial charge >= 0.3 is 6.18 Å². The zero-order valence-corrected chi connectivity index (χ0v) is 14.9. The summed E-state index contributed by atoms with van der Waals surface area (Å²) in [6.07, 6.45) is -5.30. The molecule has 1 aliphatic heterocycles. The smallest absolute Gasteiger partial charge is 0.450 e. The Labute approximate surface area is 153 Å². The molecule has 0 radical (unpaired) electrons. The number of ether oxygens (including phenoxy) is 2. The molecule has 3 rings (SSSR count). The highest BCUT2D eigenvalue weighted by molar-refractivity contribution is 5.95. The molecule has 6 nitrogen and oxygen atoms in total. The second-order valence-electron chi connectivity index (χ2n) is 6.28. The van der Waals surface area contributed by atoms with Gasteiger partial charge in [0.05, 0.1) is 25.3 Å². The van der Waals surface area contributed by atoms with Gasteiger partial charge in [-0.05, 0) is 26.0 Å². The molecule has 1 atom stereocenters. The summed E-state index contributed by atoms with van der Waals surface area (Å²) in [5.41, 5.74) is 0.257. The predicted molar refractivity (Wildman–Crippen MR) is 88.6 cm³/mol. The minimum absolute atomic E-state index is 0.0218. The highest BCUT2D eigenvalue weighted by atomic mass is 19.4. The molecule has 9 heteroatoms. The van der Waals surface area contributed by atoms with Gasteiger partial charge in [0.1, 0.15) is 11.9 Å². The zero-order chi connectivity index (χ0) is 19.6. The Hall–Kier alpha value is -2.55. The van der Waals surface area contributed by atoms with Crippen molar-refractivity contribution < 1.29 is 31.9 Å². The lowest BCUT2D eigenvalue weighted by Gasteiger charge is -2.24. The van der Waals surface area contributed by atoms with E-state index >= 15 is 0 Å². The van der Waals surface area contributed by atoms with Crippen LogP contribution in [0.15, 0.2) is 28.7 Å². The van der Waals surface area contributed by atoms with Crippen LogP contribution in [0.4, 0.5) is 13.2 Å². The standard InChI is InChI=1S/C18H19F3N2O4/c1-11-4-3-5-15(22-11)27-13-9-23(6-7-25-10-13)17(24)14-8-12(2)26-16(14)18(19,20)21/h3-5,8,13H,6-7,9-10H2,1-2H3. The van der Waals surface area contributed by atoms with Gasteiger partial charge < -0.3 is 18.8 Å². The topological polar surface area (TPSA) is 64.8 Å². The Bertz CT molecular complexity index is 819. The first-order valence-electron chi connectivity index (χ1n) is 8.39. The maximum Gasteiger partial charge on any atom is 0.450 e. The molecule has 1 saturated heterocycles. The highest BCUT2D eigenvalue weighted by Gasteiger charge is 2.41. The normalized spacial score (nSPS) is 18.3. The highest BCUT2D eigenvalue weighted by Crippen LogP contribution is 2.34. The largest absolute Gasteiger partial charge is 0.470 e. The van der Waals surface area contributed by atoms with Crippen molar-refractivity contribution in [2.75, 3.05) is 26.3 Å². The fraction of sp³-hybridized carbons (Fsp3) is 0.444. The van der Waals surface area contributed by atoms with E-state index in [1.165, 1.54) is 11.8 Å². The van der Waals surface area contributed by atoms with Gasteiger partial charge in [0, 0.05) is 18.3 Å². The monoisotopic (exact) mass is 384 g/mol. The van der Waals surface area contributed by atoms with Crippen LogP contribution in [0.3, 0.4) is 0 Å². The lowest BCUT2D eigenvalue weighted by Crippen LogP contribution is -2.40. The average Bonchev–Trinajstić information content (AvgIpc) is 2.84. The van der Waals surface area contributed by atoms with Crippen molar-refractivity contribution in [1.82, 2.24) is 9.88 Å². The Balaban J connectivity index is 1.78. The molecule has 1 unspecified atom stereocenters. The molecule has 0 aliphatic carbocycles. The quantitative estimate of drug-likeness (QED) is 0.813. The molecule has 1 amide bonds. The number of carbonyl (C=O) groups is 1. The number of hydrogen-bond acceptors (Lipinski definition) is 5. The summed E-state index contributed by atoms with van der Waals surface area (Å²) in [6, 6.07) is 6.37. The zero-order valence-electron chi connectivity index (χ0n) is 14.9. The van der Waals surface area contributed by atoms with Crippen LogP contribution in [-0.2, 0) is 10.9 Å². The molecule has 0 spiro atoms. The summed E-state index contributed by atoms with van der Waals surface area (Å²) >= 11 is 0. The van der Waals surface area contributed by atoms with Crippen LogP contribution in [-0.4, -0.2) is 48.2 Å². The molecule has 0 aromatic carbocycles. The van der Waals surface area contributed by atoms with E-state index in [1.807, 2.05) is 13.0 Å². The number of furan rings is 1. The summed E-state index contributed by atoms with van der Waals surface area (Å²) < 4.78 is 55.4. The summed E-state index contributed by atoms with van der Waals surface area (Å²) in [5, 5.41) is 0. The van der Waals surface area contributed by atoms with E-state index in [4.69, 9.17) is 13.9 Å². The number of pyridine rings is 1. The van der Waals surface area contributed by atoms with Crippen LogP contribution >= 0.6 is 0 Å². The third-order valence-corrected chi connectivity index (χ3v) is 4.01. The second kappa shape index (κ2) is 7.59. The first-order chi connectivity index (χ1) is 12.7. The Kier molecular flexibility index (Phi) is 5.41. The van der Waals surface area contributed by atoms with Gasteiger partial charge in [-0.3, -0.25) is 4.79 Å². The van der Waals surface area contributed by atoms with E-state index in [9.17, 15) is 18.0 Å². The van der Waals surface area contributed by atoms with E-state index in [0.29, 0.717) is 5.88 Å². The Morgan fingerprint density at radius 2 is 2.11 bits per heavy atom. The van der Waals surface area contributed by atoms with Crippen molar-refractivity contribution in [2.24, 2.45) is 0 Å². The third-order valence-electron chi connectivity index (χ3n) is 4.01. The van der Waals surface area contributed by atoms with Crippen LogP contribution in [0.25, 0.3) is 0 Å². The van der Waals surface area contributed by atoms with Crippen LogP contribution in [0.1, 0.15) is 27.6 Å². The molecule has 3 heterocycles. The molecule has 1 aliphatic rings. The maximum atomic E-state index is 13.1. The predicted octanol–water partition coefficient (Wildman–Crippen LogP) is 3.23. The van der Waals surface area contributed by atoms with Crippen molar-refractivity contribution in [3.63, 3.8) is 0 Å². The molecule has 0 saturated carbocycles. The van der Waals surface area contributed by atoms with Gasteiger partial charge in [0.15, 0.2) is 0 Å². The fourth-order valence-electron chi connectivity index (χ4n) is 2.84. The first-order valence-corrected chi connectivity index (χ1v) is 8.39. The SMILES string of the molecule is Cc1cccc(OC2COCCN(C(=O)c3cc(C)oc3C(F)(F)F)C2)n1. The molecular formula is C18H19F3N2O4. The van der Waals surface area contributed by atoms with Crippen molar-refractivity contribution >= 4 is 5.91 Å². The molecule has 27 heavy (non-hydrogen) atoms. The van der Waals surface area contributed by atoms with Crippen molar-refractivity contribution in [3.05, 3.63) is 47.0 Å². The molecular weight excluding hydrogens is 365 g/mol. The number of rotatable bonds is 3. The lowest BCUT2D eigenvalue weighted by atomic mass is 10.2.